The lowest BCUT2D eigenvalue weighted by molar-refractivity contribution is -0.388. The molecular formula is C14H14N2O4S2. The standard InChI is InChI=1S/C12H8N2O4S2.C2H6/c15-13(16)9-5-1-3-7-11(9)19-20-12-8-4-2-6-10(12)14(17)18;1-2/h1-8H;1-2H3. The van der Waals surface area contributed by atoms with Crippen LogP contribution >= 0.6 is 21.6 Å². The molecular weight excluding hydrogens is 324 g/mol. The second kappa shape index (κ2) is 9.06. The number of benzene rings is 2. The van der Waals surface area contributed by atoms with Crippen LogP contribution in [0.1, 0.15) is 13.8 Å². The van der Waals surface area contributed by atoms with Crippen molar-refractivity contribution in [2.75, 3.05) is 0 Å². The quantitative estimate of drug-likeness (QED) is 0.416. The molecule has 0 aliphatic heterocycles. The first kappa shape index (κ1) is 18.0. The van der Waals surface area contributed by atoms with Gasteiger partial charge in [0.1, 0.15) is 0 Å². The van der Waals surface area contributed by atoms with Crippen molar-refractivity contribution >= 4 is 33.0 Å². The van der Waals surface area contributed by atoms with E-state index >= 15 is 0 Å². The lowest BCUT2D eigenvalue weighted by atomic mass is 10.3. The van der Waals surface area contributed by atoms with Crippen molar-refractivity contribution in [2.45, 2.75) is 23.6 Å². The Bertz CT molecular complexity index is 607. The molecule has 0 radical (unpaired) electrons. The van der Waals surface area contributed by atoms with Crippen LogP contribution in [0.3, 0.4) is 0 Å². The molecule has 116 valence electrons. The largest absolute Gasteiger partial charge is 0.283 e. The molecule has 8 heteroatoms. The van der Waals surface area contributed by atoms with Gasteiger partial charge in [-0.1, -0.05) is 38.1 Å². The van der Waals surface area contributed by atoms with E-state index in [1.807, 2.05) is 13.8 Å². The van der Waals surface area contributed by atoms with Gasteiger partial charge >= 0.3 is 0 Å². The Kier molecular flexibility index (Phi) is 7.41. The molecule has 0 aromatic heterocycles. The number of nitro benzene ring substituents is 2. The third-order valence-electron chi connectivity index (χ3n) is 2.35. The number of para-hydroxylation sites is 2. The van der Waals surface area contributed by atoms with E-state index in [0.717, 1.165) is 21.6 Å². The molecule has 2 aromatic rings. The second-order valence-corrected chi connectivity index (χ2v) is 5.83. The van der Waals surface area contributed by atoms with Crippen LogP contribution in [0.25, 0.3) is 0 Å². The molecule has 0 fully saturated rings. The highest BCUT2D eigenvalue weighted by Gasteiger charge is 2.17. The zero-order valence-electron chi connectivity index (χ0n) is 12.0. The van der Waals surface area contributed by atoms with Gasteiger partial charge in [0.25, 0.3) is 11.4 Å². The summed E-state index contributed by atoms with van der Waals surface area (Å²) in [5.41, 5.74) is -0.0211. The molecule has 0 heterocycles. The summed E-state index contributed by atoms with van der Waals surface area (Å²) in [6, 6.07) is 12.6. The average Bonchev–Trinajstić information content (AvgIpc) is 2.55. The summed E-state index contributed by atoms with van der Waals surface area (Å²) < 4.78 is 0. The molecule has 0 aliphatic carbocycles. The van der Waals surface area contributed by atoms with Crippen molar-refractivity contribution in [3.05, 3.63) is 68.8 Å². The first-order valence-electron chi connectivity index (χ1n) is 6.41. The SMILES string of the molecule is CC.O=[N+]([O-])c1ccccc1SSc1ccccc1[N+](=O)[O-]. The Morgan fingerprint density at radius 3 is 1.36 bits per heavy atom. The van der Waals surface area contributed by atoms with Crippen LogP contribution in [-0.2, 0) is 0 Å². The van der Waals surface area contributed by atoms with Gasteiger partial charge in [-0.2, -0.15) is 0 Å². The molecule has 2 aromatic carbocycles. The maximum atomic E-state index is 10.9. The zero-order valence-corrected chi connectivity index (χ0v) is 13.6. The highest BCUT2D eigenvalue weighted by atomic mass is 33.1. The van der Waals surface area contributed by atoms with E-state index in [4.69, 9.17) is 0 Å². The van der Waals surface area contributed by atoms with E-state index in [0.29, 0.717) is 9.79 Å². The van der Waals surface area contributed by atoms with Crippen LogP contribution in [0.2, 0.25) is 0 Å². The van der Waals surface area contributed by atoms with Crippen molar-refractivity contribution in [2.24, 2.45) is 0 Å². The molecule has 0 bridgehead atoms. The van der Waals surface area contributed by atoms with Gasteiger partial charge in [-0.3, -0.25) is 20.2 Å². The normalized spacial score (nSPS) is 9.55. The van der Waals surface area contributed by atoms with Crippen LogP contribution in [0.5, 0.6) is 0 Å². The van der Waals surface area contributed by atoms with Gasteiger partial charge in [0, 0.05) is 12.1 Å². The van der Waals surface area contributed by atoms with Gasteiger partial charge in [-0.25, -0.2) is 0 Å². The Balaban J connectivity index is 0.00000116. The van der Waals surface area contributed by atoms with Crippen LogP contribution in [0, 0.1) is 20.2 Å². The fourth-order valence-electron chi connectivity index (χ4n) is 1.45. The minimum Gasteiger partial charge on any atom is -0.258 e. The van der Waals surface area contributed by atoms with Gasteiger partial charge in [0.15, 0.2) is 0 Å². The first-order chi connectivity index (χ1) is 10.6. The lowest BCUT2D eigenvalue weighted by Gasteiger charge is -2.03. The van der Waals surface area contributed by atoms with E-state index in [9.17, 15) is 20.2 Å². The highest BCUT2D eigenvalue weighted by molar-refractivity contribution is 8.76. The Morgan fingerprint density at radius 2 is 1.05 bits per heavy atom. The van der Waals surface area contributed by atoms with E-state index in [-0.39, 0.29) is 11.4 Å². The molecule has 0 N–H and O–H groups in total. The summed E-state index contributed by atoms with van der Waals surface area (Å²) in [6.07, 6.45) is 0. The predicted octanol–water partition coefficient (Wildman–Crippen LogP) is 5.33. The summed E-state index contributed by atoms with van der Waals surface area (Å²) in [7, 11) is 2.26. The number of rotatable bonds is 5. The fourth-order valence-corrected chi connectivity index (χ4v) is 3.73. The van der Waals surface area contributed by atoms with Crippen molar-refractivity contribution in [3.8, 4) is 0 Å². The summed E-state index contributed by atoms with van der Waals surface area (Å²) in [5, 5.41) is 21.8. The van der Waals surface area contributed by atoms with Crippen LogP contribution in [0.15, 0.2) is 58.3 Å². The topological polar surface area (TPSA) is 86.3 Å². The molecule has 0 saturated carbocycles. The Morgan fingerprint density at radius 1 is 0.727 bits per heavy atom. The summed E-state index contributed by atoms with van der Waals surface area (Å²) in [4.78, 5) is 21.7. The molecule has 0 spiro atoms. The number of nitrogens with zero attached hydrogens (tertiary/aromatic N) is 2. The van der Waals surface area contributed by atoms with Crippen molar-refractivity contribution in [3.63, 3.8) is 0 Å². The van der Waals surface area contributed by atoms with E-state index in [1.54, 1.807) is 36.4 Å². The molecule has 2 rings (SSSR count). The van der Waals surface area contributed by atoms with Crippen LogP contribution in [-0.4, -0.2) is 9.85 Å². The fraction of sp³-hybridized carbons (Fsp3) is 0.143. The van der Waals surface area contributed by atoms with Crippen LogP contribution in [0.4, 0.5) is 11.4 Å². The highest BCUT2D eigenvalue weighted by Crippen LogP contribution is 2.44. The van der Waals surface area contributed by atoms with E-state index in [2.05, 4.69) is 0 Å². The smallest absolute Gasteiger partial charge is 0.258 e. The molecule has 0 atom stereocenters. The van der Waals surface area contributed by atoms with Crippen molar-refractivity contribution in [1.82, 2.24) is 0 Å². The van der Waals surface area contributed by atoms with E-state index < -0.39 is 9.85 Å². The number of hydrogen-bond acceptors (Lipinski definition) is 6. The maximum absolute atomic E-state index is 10.9. The van der Waals surface area contributed by atoms with Crippen LogP contribution < -0.4 is 0 Å². The monoisotopic (exact) mass is 338 g/mol. The predicted molar refractivity (Wildman–Crippen MR) is 89.3 cm³/mol. The summed E-state index contributed by atoms with van der Waals surface area (Å²) >= 11 is 0. The zero-order chi connectivity index (χ0) is 16.5. The summed E-state index contributed by atoms with van der Waals surface area (Å²) in [5.74, 6) is 0. The summed E-state index contributed by atoms with van der Waals surface area (Å²) in [6.45, 7) is 4.00. The van der Waals surface area contributed by atoms with Gasteiger partial charge in [-0.15, -0.1) is 0 Å². The van der Waals surface area contributed by atoms with Gasteiger partial charge < -0.3 is 0 Å². The molecule has 0 aliphatic rings. The van der Waals surface area contributed by atoms with Crippen molar-refractivity contribution in [1.29, 1.82) is 0 Å². The second-order valence-electron chi connectivity index (χ2n) is 3.62. The Hall–Kier alpha value is -2.06. The molecule has 6 nitrogen and oxygen atoms in total. The van der Waals surface area contributed by atoms with Gasteiger partial charge in [0.2, 0.25) is 0 Å². The van der Waals surface area contributed by atoms with Crippen molar-refractivity contribution < 1.29 is 9.85 Å². The van der Waals surface area contributed by atoms with Gasteiger partial charge in [-0.05, 0) is 33.7 Å². The average molecular weight is 338 g/mol. The van der Waals surface area contributed by atoms with E-state index in [1.165, 1.54) is 12.1 Å². The number of hydrogen-bond donors (Lipinski definition) is 0. The molecule has 0 amide bonds. The molecule has 0 unspecified atom stereocenters. The van der Waals surface area contributed by atoms with Gasteiger partial charge in [0.05, 0.1) is 19.6 Å². The molecule has 22 heavy (non-hydrogen) atoms. The Labute approximate surface area is 135 Å². The first-order valence-corrected chi connectivity index (χ1v) is 8.56. The third-order valence-corrected chi connectivity index (χ3v) is 4.81. The maximum Gasteiger partial charge on any atom is 0.283 e. The molecule has 0 saturated heterocycles. The minimum absolute atomic E-state index is 0.0106. The third kappa shape index (κ3) is 4.74. The lowest BCUT2D eigenvalue weighted by Crippen LogP contribution is -1.90. The number of nitro groups is 2. The minimum atomic E-state index is -0.470.